The average Bonchev–Trinajstić information content (AvgIpc) is 2.45. The van der Waals surface area contributed by atoms with Crippen LogP contribution >= 0.6 is 0 Å². The van der Waals surface area contributed by atoms with Gasteiger partial charge in [0.05, 0.1) is 6.61 Å². The minimum atomic E-state index is -0.317. The van der Waals surface area contributed by atoms with Crippen LogP contribution in [0.4, 0.5) is 4.39 Å². The summed E-state index contributed by atoms with van der Waals surface area (Å²) in [5, 5.41) is 3.35. The zero-order chi connectivity index (χ0) is 14.8. The van der Waals surface area contributed by atoms with Crippen molar-refractivity contribution >= 4 is 0 Å². The highest BCUT2D eigenvalue weighted by molar-refractivity contribution is 5.37. The molecular formula is C16H26FNO2. The Bertz CT molecular complexity index is 385. The van der Waals surface area contributed by atoms with Gasteiger partial charge in [0.2, 0.25) is 0 Å². The van der Waals surface area contributed by atoms with E-state index in [-0.39, 0.29) is 11.9 Å². The Morgan fingerprint density at radius 2 is 1.95 bits per heavy atom. The second kappa shape index (κ2) is 9.72. The van der Waals surface area contributed by atoms with E-state index >= 15 is 0 Å². The van der Waals surface area contributed by atoms with E-state index < -0.39 is 0 Å². The van der Waals surface area contributed by atoms with Crippen LogP contribution in [0.5, 0.6) is 5.75 Å². The summed E-state index contributed by atoms with van der Waals surface area (Å²) < 4.78 is 24.8. The second-order valence-corrected chi connectivity index (χ2v) is 4.79. The van der Waals surface area contributed by atoms with Crippen LogP contribution in [-0.2, 0) is 4.74 Å². The van der Waals surface area contributed by atoms with Crippen molar-refractivity contribution in [2.45, 2.75) is 39.7 Å². The number of hydrogen-bond acceptors (Lipinski definition) is 3. The molecule has 0 saturated heterocycles. The number of para-hydroxylation sites is 1. The van der Waals surface area contributed by atoms with Crippen LogP contribution in [0.2, 0.25) is 0 Å². The van der Waals surface area contributed by atoms with Gasteiger partial charge in [0.1, 0.15) is 6.61 Å². The smallest absolute Gasteiger partial charge is 0.165 e. The van der Waals surface area contributed by atoms with E-state index in [2.05, 4.69) is 19.2 Å². The van der Waals surface area contributed by atoms with Gasteiger partial charge in [-0.2, -0.15) is 0 Å². The van der Waals surface area contributed by atoms with Crippen LogP contribution in [-0.4, -0.2) is 26.4 Å². The zero-order valence-electron chi connectivity index (χ0n) is 12.7. The molecule has 0 heterocycles. The van der Waals surface area contributed by atoms with Crippen molar-refractivity contribution in [1.82, 2.24) is 5.32 Å². The minimum absolute atomic E-state index is 0.0669. The lowest BCUT2D eigenvalue weighted by Gasteiger charge is -2.18. The molecule has 1 aromatic rings. The third kappa shape index (κ3) is 5.47. The summed E-state index contributed by atoms with van der Waals surface area (Å²) >= 11 is 0. The van der Waals surface area contributed by atoms with Gasteiger partial charge in [0.15, 0.2) is 11.6 Å². The third-order valence-corrected chi connectivity index (χ3v) is 2.99. The Morgan fingerprint density at radius 3 is 2.65 bits per heavy atom. The maximum absolute atomic E-state index is 13.9. The molecule has 0 spiro atoms. The van der Waals surface area contributed by atoms with Crippen molar-refractivity contribution in [2.24, 2.45) is 0 Å². The number of hydrogen-bond donors (Lipinski definition) is 1. The van der Waals surface area contributed by atoms with Gasteiger partial charge in [-0.1, -0.05) is 26.0 Å². The maximum Gasteiger partial charge on any atom is 0.165 e. The molecule has 0 aliphatic carbocycles. The van der Waals surface area contributed by atoms with E-state index in [4.69, 9.17) is 9.47 Å². The fraction of sp³-hybridized carbons (Fsp3) is 0.625. The van der Waals surface area contributed by atoms with Gasteiger partial charge in [-0.3, -0.25) is 0 Å². The molecule has 0 aliphatic heterocycles. The maximum atomic E-state index is 13.9. The largest absolute Gasteiger partial charge is 0.488 e. The molecule has 0 aromatic heterocycles. The molecule has 3 nitrogen and oxygen atoms in total. The lowest BCUT2D eigenvalue weighted by atomic mass is 10.1. The number of halogens is 1. The first-order chi connectivity index (χ1) is 9.70. The standard InChI is InChI=1S/C16H26FNO2/c1-4-9-18-13(3)14-7-6-8-15(17)16(14)20-12-11-19-10-5-2/h6-8,13,18H,4-5,9-12H2,1-3H3. The Morgan fingerprint density at radius 1 is 1.15 bits per heavy atom. The van der Waals surface area contributed by atoms with Gasteiger partial charge in [-0.15, -0.1) is 0 Å². The number of rotatable bonds is 10. The molecule has 0 amide bonds. The van der Waals surface area contributed by atoms with Gasteiger partial charge >= 0.3 is 0 Å². The summed E-state index contributed by atoms with van der Waals surface area (Å²) in [5.74, 6) is 0.0202. The Balaban J connectivity index is 2.63. The van der Waals surface area contributed by atoms with Gasteiger partial charge in [-0.05, 0) is 32.4 Å². The molecule has 4 heteroatoms. The monoisotopic (exact) mass is 283 g/mol. The molecule has 1 unspecified atom stereocenters. The lowest BCUT2D eigenvalue weighted by molar-refractivity contribution is 0.0986. The molecule has 1 atom stereocenters. The minimum Gasteiger partial charge on any atom is -0.488 e. The molecule has 0 aliphatic rings. The van der Waals surface area contributed by atoms with Gasteiger partial charge < -0.3 is 14.8 Å². The highest BCUT2D eigenvalue weighted by atomic mass is 19.1. The van der Waals surface area contributed by atoms with Crippen LogP contribution in [0.15, 0.2) is 18.2 Å². The van der Waals surface area contributed by atoms with Crippen LogP contribution < -0.4 is 10.1 Å². The first-order valence-electron chi connectivity index (χ1n) is 7.43. The predicted molar refractivity (Wildman–Crippen MR) is 79.7 cm³/mol. The molecule has 20 heavy (non-hydrogen) atoms. The molecule has 0 bridgehead atoms. The SMILES string of the molecule is CCCNC(C)c1cccc(F)c1OCCOCCC. The van der Waals surface area contributed by atoms with E-state index in [1.165, 1.54) is 6.07 Å². The summed E-state index contributed by atoms with van der Waals surface area (Å²) in [7, 11) is 0. The molecular weight excluding hydrogens is 257 g/mol. The van der Waals surface area contributed by atoms with Crippen LogP contribution in [0.1, 0.15) is 45.2 Å². The highest BCUT2D eigenvalue weighted by Crippen LogP contribution is 2.28. The molecule has 0 fully saturated rings. The van der Waals surface area contributed by atoms with E-state index in [9.17, 15) is 4.39 Å². The normalized spacial score (nSPS) is 12.4. The zero-order valence-corrected chi connectivity index (χ0v) is 12.7. The first-order valence-corrected chi connectivity index (χ1v) is 7.43. The summed E-state index contributed by atoms with van der Waals surface area (Å²) in [5.41, 5.74) is 0.856. The third-order valence-electron chi connectivity index (χ3n) is 2.99. The quantitative estimate of drug-likeness (QED) is 0.664. The van der Waals surface area contributed by atoms with Crippen LogP contribution in [0.25, 0.3) is 0 Å². The van der Waals surface area contributed by atoms with Crippen LogP contribution in [0.3, 0.4) is 0 Å². The number of benzene rings is 1. The first kappa shape index (κ1) is 16.9. The highest BCUT2D eigenvalue weighted by Gasteiger charge is 2.15. The van der Waals surface area contributed by atoms with Crippen LogP contribution in [0, 0.1) is 5.82 Å². The lowest BCUT2D eigenvalue weighted by Crippen LogP contribution is -2.20. The fourth-order valence-electron chi connectivity index (χ4n) is 1.94. The Kier molecular flexibility index (Phi) is 8.23. The van der Waals surface area contributed by atoms with Crippen molar-refractivity contribution in [3.63, 3.8) is 0 Å². The predicted octanol–water partition coefficient (Wildman–Crippen LogP) is 3.69. The van der Waals surface area contributed by atoms with Gasteiger partial charge in [-0.25, -0.2) is 4.39 Å². The van der Waals surface area contributed by atoms with E-state index in [1.54, 1.807) is 6.07 Å². The Labute approximate surface area is 121 Å². The molecule has 1 rings (SSSR count). The number of ether oxygens (including phenoxy) is 2. The summed E-state index contributed by atoms with van der Waals surface area (Å²) in [6, 6.07) is 5.11. The molecule has 0 saturated carbocycles. The van der Waals surface area contributed by atoms with E-state index in [0.29, 0.717) is 25.6 Å². The topological polar surface area (TPSA) is 30.5 Å². The fourth-order valence-corrected chi connectivity index (χ4v) is 1.94. The summed E-state index contributed by atoms with van der Waals surface area (Å²) in [4.78, 5) is 0. The van der Waals surface area contributed by atoms with E-state index in [0.717, 1.165) is 24.9 Å². The molecule has 1 N–H and O–H groups in total. The summed E-state index contributed by atoms with van der Waals surface area (Å²) in [6.07, 6.45) is 2.02. The van der Waals surface area contributed by atoms with Crippen molar-refractivity contribution in [3.8, 4) is 5.75 Å². The molecule has 1 aromatic carbocycles. The van der Waals surface area contributed by atoms with Gasteiger partial charge in [0.25, 0.3) is 0 Å². The van der Waals surface area contributed by atoms with Crippen molar-refractivity contribution < 1.29 is 13.9 Å². The van der Waals surface area contributed by atoms with Crippen molar-refractivity contribution in [2.75, 3.05) is 26.4 Å². The average molecular weight is 283 g/mol. The van der Waals surface area contributed by atoms with Crippen molar-refractivity contribution in [1.29, 1.82) is 0 Å². The van der Waals surface area contributed by atoms with Gasteiger partial charge in [0, 0.05) is 18.2 Å². The Hall–Kier alpha value is -1.13. The molecule has 114 valence electrons. The van der Waals surface area contributed by atoms with Crippen molar-refractivity contribution in [3.05, 3.63) is 29.6 Å². The summed E-state index contributed by atoms with van der Waals surface area (Å²) in [6.45, 7) is 8.64. The van der Waals surface area contributed by atoms with E-state index in [1.807, 2.05) is 13.0 Å². The molecule has 0 radical (unpaired) electrons. The number of nitrogens with one attached hydrogen (secondary N) is 1. The second-order valence-electron chi connectivity index (χ2n) is 4.79.